The van der Waals surface area contributed by atoms with E-state index in [1.165, 1.54) is 19.5 Å². The molecule has 17 heavy (non-hydrogen) atoms. The molecular weight excluding hydrogens is 238 g/mol. The first-order valence-corrected chi connectivity index (χ1v) is 7.11. The standard InChI is InChI=1S/C11H17N3O2S/c1-13-17(15,16)9-5-6-11(10(12)7-9)14-8-3-2-4-8/h5-8,13-14H,2-4,12H2,1H3. The van der Waals surface area contributed by atoms with Gasteiger partial charge in [-0.1, -0.05) is 0 Å². The van der Waals surface area contributed by atoms with E-state index in [1.54, 1.807) is 12.1 Å². The minimum atomic E-state index is -3.42. The Labute approximate surface area is 101 Å². The predicted octanol–water partition coefficient (Wildman–Crippen LogP) is 1.14. The second kappa shape index (κ2) is 4.54. The van der Waals surface area contributed by atoms with E-state index in [-0.39, 0.29) is 4.90 Å². The lowest BCUT2D eigenvalue weighted by Gasteiger charge is -2.28. The van der Waals surface area contributed by atoms with Crippen LogP contribution in [0.5, 0.6) is 0 Å². The van der Waals surface area contributed by atoms with Gasteiger partial charge in [-0.2, -0.15) is 0 Å². The molecule has 0 heterocycles. The highest BCUT2D eigenvalue weighted by Crippen LogP contribution is 2.28. The molecule has 0 aromatic heterocycles. The fourth-order valence-electron chi connectivity index (χ4n) is 1.73. The molecule has 6 heteroatoms. The summed E-state index contributed by atoms with van der Waals surface area (Å²) in [6.07, 6.45) is 3.54. The molecule has 1 aliphatic rings. The molecule has 1 aromatic carbocycles. The Morgan fingerprint density at radius 2 is 2.06 bits per heavy atom. The molecule has 1 fully saturated rings. The van der Waals surface area contributed by atoms with Crippen LogP contribution < -0.4 is 15.8 Å². The van der Waals surface area contributed by atoms with Gasteiger partial charge in [-0.05, 0) is 44.5 Å². The van der Waals surface area contributed by atoms with Crippen LogP contribution in [-0.4, -0.2) is 21.5 Å². The molecule has 2 rings (SSSR count). The third kappa shape index (κ3) is 2.53. The number of hydrogen-bond donors (Lipinski definition) is 3. The molecule has 1 aliphatic carbocycles. The number of hydrogen-bond acceptors (Lipinski definition) is 4. The largest absolute Gasteiger partial charge is 0.397 e. The lowest BCUT2D eigenvalue weighted by Crippen LogP contribution is -2.27. The maximum absolute atomic E-state index is 11.6. The summed E-state index contributed by atoms with van der Waals surface area (Å²) in [6, 6.07) is 5.23. The van der Waals surface area contributed by atoms with Gasteiger partial charge in [-0.15, -0.1) is 0 Å². The van der Waals surface area contributed by atoms with Crippen molar-refractivity contribution >= 4 is 21.4 Å². The zero-order valence-electron chi connectivity index (χ0n) is 9.73. The van der Waals surface area contributed by atoms with Crippen molar-refractivity contribution < 1.29 is 8.42 Å². The fraction of sp³-hybridized carbons (Fsp3) is 0.455. The molecule has 0 atom stereocenters. The molecule has 5 nitrogen and oxygen atoms in total. The number of nitrogen functional groups attached to an aromatic ring is 1. The Morgan fingerprint density at radius 3 is 2.53 bits per heavy atom. The Kier molecular flexibility index (Phi) is 3.26. The van der Waals surface area contributed by atoms with Gasteiger partial charge >= 0.3 is 0 Å². The van der Waals surface area contributed by atoms with Gasteiger partial charge in [0.25, 0.3) is 0 Å². The van der Waals surface area contributed by atoms with Crippen molar-refractivity contribution in [2.45, 2.75) is 30.2 Å². The quantitative estimate of drug-likeness (QED) is 0.704. The van der Waals surface area contributed by atoms with Gasteiger partial charge in [0.2, 0.25) is 10.0 Å². The van der Waals surface area contributed by atoms with E-state index in [0.717, 1.165) is 18.5 Å². The van der Waals surface area contributed by atoms with Crippen LogP contribution in [0.4, 0.5) is 11.4 Å². The normalized spacial score (nSPS) is 16.5. The molecule has 0 saturated heterocycles. The fourth-order valence-corrected chi connectivity index (χ4v) is 2.49. The number of nitrogens with one attached hydrogen (secondary N) is 2. The molecule has 94 valence electrons. The van der Waals surface area contributed by atoms with Crippen molar-refractivity contribution in [3.63, 3.8) is 0 Å². The Hall–Kier alpha value is -1.27. The van der Waals surface area contributed by atoms with Gasteiger partial charge in [0.15, 0.2) is 0 Å². The monoisotopic (exact) mass is 255 g/mol. The van der Waals surface area contributed by atoms with Crippen LogP contribution >= 0.6 is 0 Å². The summed E-state index contributed by atoms with van der Waals surface area (Å²) in [5, 5.41) is 3.30. The summed E-state index contributed by atoms with van der Waals surface area (Å²) in [6.45, 7) is 0. The van der Waals surface area contributed by atoms with E-state index in [9.17, 15) is 8.42 Å². The molecule has 0 radical (unpaired) electrons. The van der Waals surface area contributed by atoms with Crippen LogP contribution in [0.15, 0.2) is 23.1 Å². The van der Waals surface area contributed by atoms with Crippen molar-refractivity contribution in [3.05, 3.63) is 18.2 Å². The molecular formula is C11H17N3O2S. The third-order valence-electron chi connectivity index (χ3n) is 3.07. The van der Waals surface area contributed by atoms with Crippen molar-refractivity contribution in [3.8, 4) is 0 Å². The Balaban J connectivity index is 2.22. The van der Waals surface area contributed by atoms with Gasteiger partial charge < -0.3 is 11.1 Å². The summed E-state index contributed by atoms with van der Waals surface area (Å²) in [7, 11) is -2.03. The number of benzene rings is 1. The summed E-state index contributed by atoms with van der Waals surface area (Å²) in [5.74, 6) is 0. The molecule has 0 aliphatic heterocycles. The first kappa shape index (κ1) is 12.2. The van der Waals surface area contributed by atoms with Gasteiger partial charge in [0.05, 0.1) is 16.3 Å². The lowest BCUT2D eigenvalue weighted by atomic mass is 9.93. The van der Waals surface area contributed by atoms with Gasteiger partial charge in [0, 0.05) is 6.04 Å². The van der Waals surface area contributed by atoms with Crippen LogP contribution in [0.2, 0.25) is 0 Å². The van der Waals surface area contributed by atoms with E-state index in [1.807, 2.05) is 0 Å². The SMILES string of the molecule is CNS(=O)(=O)c1ccc(NC2CCC2)c(N)c1. The molecule has 1 aromatic rings. The molecule has 0 unspecified atom stereocenters. The summed E-state index contributed by atoms with van der Waals surface area (Å²) in [5.41, 5.74) is 7.12. The summed E-state index contributed by atoms with van der Waals surface area (Å²) in [4.78, 5) is 0.191. The molecule has 0 bridgehead atoms. The number of nitrogens with two attached hydrogens (primary N) is 1. The lowest BCUT2D eigenvalue weighted by molar-refractivity contribution is 0.446. The first-order chi connectivity index (χ1) is 8.03. The van der Waals surface area contributed by atoms with Crippen molar-refractivity contribution in [2.24, 2.45) is 0 Å². The van der Waals surface area contributed by atoms with Gasteiger partial charge in [-0.3, -0.25) is 0 Å². The second-order valence-corrected chi connectivity index (χ2v) is 6.12. The number of sulfonamides is 1. The maximum atomic E-state index is 11.6. The van der Waals surface area contributed by atoms with E-state index < -0.39 is 10.0 Å². The highest BCUT2D eigenvalue weighted by molar-refractivity contribution is 7.89. The average molecular weight is 255 g/mol. The van der Waals surface area contributed by atoms with Crippen LogP contribution in [-0.2, 0) is 10.0 Å². The van der Waals surface area contributed by atoms with Crippen molar-refractivity contribution in [1.29, 1.82) is 0 Å². The zero-order chi connectivity index (χ0) is 12.5. The van der Waals surface area contributed by atoms with Crippen LogP contribution in [0.3, 0.4) is 0 Å². The van der Waals surface area contributed by atoms with Gasteiger partial charge in [-0.25, -0.2) is 13.1 Å². The van der Waals surface area contributed by atoms with Crippen molar-refractivity contribution in [2.75, 3.05) is 18.1 Å². The zero-order valence-corrected chi connectivity index (χ0v) is 10.5. The second-order valence-electron chi connectivity index (χ2n) is 4.23. The minimum Gasteiger partial charge on any atom is -0.397 e. The molecule has 0 amide bonds. The smallest absolute Gasteiger partial charge is 0.240 e. The van der Waals surface area contributed by atoms with Crippen molar-refractivity contribution in [1.82, 2.24) is 4.72 Å². The van der Waals surface area contributed by atoms with Crippen LogP contribution in [0.25, 0.3) is 0 Å². The van der Waals surface area contributed by atoms with E-state index in [0.29, 0.717) is 11.7 Å². The predicted molar refractivity (Wildman–Crippen MR) is 68.4 cm³/mol. The van der Waals surface area contributed by atoms with E-state index >= 15 is 0 Å². The molecule has 0 spiro atoms. The topological polar surface area (TPSA) is 84.2 Å². The molecule has 4 N–H and O–H groups in total. The number of rotatable bonds is 4. The molecule has 1 saturated carbocycles. The van der Waals surface area contributed by atoms with Gasteiger partial charge in [0.1, 0.15) is 0 Å². The summed E-state index contributed by atoms with van der Waals surface area (Å²) < 4.78 is 25.4. The average Bonchev–Trinajstić information content (AvgIpc) is 2.25. The maximum Gasteiger partial charge on any atom is 0.240 e. The Morgan fingerprint density at radius 1 is 1.35 bits per heavy atom. The Bertz CT molecular complexity index is 509. The van der Waals surface area contributed by atoms with Crippen LogP contribution in [0.1, 0.15) is 19.3 Å². The third-order valence-corrected chi connectivity index (χ3v) is 4.48. The van der Waals surface area contributed by atoms with Crippen LogP contribution in [0, 0.1) is 0 Å². The highest BCUT2D eigenvalue weighted by Gasteiger charge is 2.19. The summed E-state index contributed by atoms with van der Waals surface area (Å²) >= 11 is 0. The number of anilines is 2. The van der Waals surface area contributed by atoms with E-state index in [2.05, 4.69) is 10.0 Å². The minimum absolute atomic E-state index is 0.191. The highest BCUT2D eigenvalue weighted by atomic mass is 32.2. The van der Waals surface area contributed by atoms with E-state index in [4.69, 9.17) is 5.73 Å². The first-order valence-electron chi connectivity index (χ1n) is 5.62.